The van der Waals surface area contributed by atoms with E-state index in [-0.39, 0.29) is 6.54 Å². The van der Waals surface area contributed by atoms with Crippen LogP contribution in [0.4, 0.5) is 13.2 Å². The molecule has 2 rings (SSSR count). The molecule has 1 aromatic carbocycles. The van der Waals surface area contributed by atoms with Crippen molar-refractivity contribution in [3.8, 4) is 0 Å². The molecule has 1 unspecified atom stereocenters. The van der Waals surface area contributed by atoms with Crippen molar-refractivity contribution in [3.05, 3.63) is 56.7 Å². The second-order valence-corrected chi connectivity index (χ2v) is 6.27. The fourth-order valence-corrected chi connectivity index (χ4v) is 2.85. The van der Waals surface area contributed by atoms with E-state index in [1.165, 1.54) is 23.5 Å². The minimum Gasteiger partial charge on any atom is -0.387 e. The minimum atomic E-state index is -4.36. The highest BCUT2D eigenvalue weighted by Gasteiger charge is 2.30. The van der Waals surface area contributed by atoms with Gasteiger partial charge in [0, 0.05) is 18.0 Å². The number of thiophene rings is 1. The Kier molecular flexibility index (Phi) is 5.27. The fourth-order valence-electron chi connectivity index (χ4n) is 1.79. The summed E-state index contributed by atoms with van der Waals surface area (Å²) in [6.45, 7) is 0.802. The quantitative estimate of drug-likeness (QED) is 0.856. The molecular formula is C14H13ClF3NOS. The molecule has 2 aromatic rings. The number of aliphatic hydroxyl groups excluding tert-OH is 1. The van der Waals surface area contributed by atoms with Crippen molar-refractivity contribution in [2.75, 3.05) is 6.54 Å². The van der Waals surface area contributed by atoms with Crippen molar-refractivity contribution in [2.45, 2.75) is 18.8 Å². The van der Waals surface area contributed by atoms with Gasteiger partial charge in [0.25, 0.3) is 0 Å². The second kappa shape index (κ2) is 6.79. The molecule has 0 aliphatic rings. The molecule has 7 heteroatoms. The zero-order chi connectivity index (χ0) is 15.5. The summed E-state index contributed by atoms with van der Waals surface area (Å²) in [5, 5.41) is 13.0. The molecule has 1 atom stereocenters. The maximum absolute atomic E-state index is 12.4. The highest BCUT2D eigenvalue weighted by Crippen LogP contribution is 2.29. The summed E-state index contributed by atoms with van der Waals surface area (Å²) < 4.78 is 38.0. The second-order valence-electron chi connectivity index (χ2n) is 4.47. The van der Waals surface area contributed by atoms with Crippen molar-refractivity contribution in [1.29, 1.82) is 0 Å². The van der Waals surface area contributed by atoms with Crippen molar-refractivity contribution in [1.82, 2.24) is 5.32 Å². The number of benzene rings is 1. The van der Waals surface area contributed by atoms with Gasteiger partial charge in [-0.05, 0) is 29.8 Å². The van der Waals surface area contributed by atoms with Crippen LogP contribution in [0.5, 0.6) is 0 Å². The minimum absolute atomic E-state index is 0.251. The van der Waals surface area contributed by atoms with Gasteiger partial charge in [-0.3, -0.25) is 0 Å². The fraction of sp³-hybridized carbons (Fsp3) is 0.286. The molecule has 0 saturated carbocycles. The lowest BCUT2D eigenvalue weighted by Gasteiger charge is -2.13. The monoisotopic (exact) mass is 335 g/mol. The maximum Gasteiger partial charge on any atom is 0.416 e. The number of hydrogen-bond donors (Lipinski definition) is 2. The average Bonchev–Trinajstić information content (AvgIpc) is 2.83. The predicted octanol–water partition coefficient (Wildman–Crippen LogP) is 4.24. The van der Waals surface area contributed by atoms with Gasteiger partial charge in [0.1, 0.15) is 0 Å². The van der Waals surface area contributed by atoms with E-state index in [0.717, 1.165) is 17.0 Å². The van der Waals surface area contributed by atoms with Crippen LogP contribution in [0.2, 0.25) is 4.34 Å². The average molecular weight is 336 g/mol. The molecule has 0 saturated heterocycles. The normalized spacial score (nSPS) is 13.4. The summed E-state index contributed by atoms with van der Waals surface area (Å²) >= 11 is 7.24. The van der Waals surface area contributed by atoms with Gasteiger partial charge in [-0.2, -0.15) is 13.2 Å². The van der Waals surface area contributed by atoms with Crippen LogP contribution in [0.3, 0.4) is 0 Å². The zero-order valence-corrected chi connectivity index (χ0v) is 12.4. The Balaban J connectivity index is 1.87. The molecule has 114 valence electrons. The van der Waals surface area contributed by atoms with Crippen LogP contribution in [0.15, 0.2) is 36.4 Å². The van der Waals surface area contributed by atoms with Crippen LogP contribution in [0.25, 0.3) is 0 Å². The molecule has 2 nitrogen and oxygen atoms in total. The highest BCUT2D eigenvalue weighted by molar-refractivity contribution is 7.16. The van der Waals surface area contributed by atoms with E-state index in [2.05, 4.69) is 5.32 Å². The topological polar surface area (TPSA) is 32.3 Å². The maximum atomic E-state index is 12.4. The van der Waals surface area contributed by atoms with Crippen LogP contribution in [0, 0.1) is 0 Å². The summed E-state index contributed by atoms with van der Waals surface area (Å²) in [5.74, 6) is 0. The van der Waals surface area contributed by atoms with Crippen LogP contribution in [-0.2, 0) is 12.7 Å². The number of rotatable bonds is 5. The Labute approximate surface area is 129 Å². The standard InChI is InChI=1S/C14H13ClF3NOS/c15-13-6-5-11(21-13)7-19-8-12(20)9-1-3-10(4-2-9)14(16,17)18/h1-6,12,19-20H,7-8H2. The Morgan fingerprint density at radius 3 is 2.33 bits per heavy atom. The molecule has 1 aromatic heterocycles. The van der Waals surface area contributed by atoms with Gasteiger partial charge in [-0.15, -0.1) is 11.3 Å². The molecule has 1 heterocycles. The molecule has 0 spiro atoms. The van der Waals surface area contributed by atoms with Gasteiger partial charge < -0.3 is 10.4 Å². The highest BCUT2D eigenvalue weighted by atomic mass is 35.5. The van der Waals surface area contributed by atoms with Gasteiger partial charge in [0.15, 0.2) is 0 Å². The molecule has 0 amide bonds. The van der Waals surface area contributed by atoms with Gasteiger partial charge in [0.05, 0.1) is 16.0 Å². The summed E-state index contributed by atoms with van der Waals surface area (Å²) in [5.41, 5.74) is -0.278. The van der Waals surface area contributed by atoms with Crippen LogP contribution < -0.4 is 5.32 Å². The van der Waals surface area contributed by atoms with Crippen molar-refractivity contribution >= 4 is 22.9 Å². The Morgan fingerprint density at radius 2 is 1.81 bits per heavy atom. The number of aliphatic hydroxyl groups is 1. The lowest BCUT2D eigenvalue weighted by Crippen LogP contribution is -2.20. The first-order valence-corrected chi connectivity index (χ1v) is 7.36. The van der Waals surface area contributed by atoms with E-state index in [4.69, 9.17) is 11.6 Å². The third-order valence-electron chi connectivity index (χ3n) is 2.89. The summed E-state index contributed by atoms with van der Waals surface area (Å²) in [4.78, 5) is 1.03. The van der Waals surface area contributed by atoms with Crippen molar-refractivity contribution < 1.29 is 18.3 Å². The summed E-state index contributed by atoms with van der Waals surface area (Å²) in [6, 6.07) is 8.18. The third kappa shape index (κ3) is 4.71. The van der Waals surface area contributed by atoms with Gasteiger partial charge in [-0.1, -0.05) is 23.7 Å². The van der Waals surface area contributed by atoms with Crippen molar-refractivity contribution in [2.24, 2.45) is 0 Å². The Hall–Kier alpha value is -1.08. The predicted molar refractivity (Wildman–Crippen MR) is 77.4 cm³/mol. The van der Waals surface area contributed by atoms with Crippen LogP contribution in [-0.4, -0.2) is 11.7 Å². The zero-order valence-electron chi connectivity index (χ0n) is 10.8. The molecular weight excluding hydrogens is 323 g/mol. The van der Waals surface area contributed by atoms with E-state index < -0.39 is 17.8 Å². The first-order chi connectivity index (χ1) is 9.86. The largest absolute Gasteiger partial charge is 0.416 e. The van der Waals surface area contributed by atoms with E-state index >= 15 is 0 Å². The Bertz CT molecular complexity index is 583. The lowest BCUT2D eigenvalue weighted by molar-refractivity contribution is -0.137. The molecule has 0 bridgehead atoms. The molecule has 0 radical (unpaired) electrons. The molecule has 2 N–H and O–H groups in total. The van der Waals surface area contributed by atoms with Gasteiger partial charge in [0.2, 0.25) is 0 Å². The van der Waals surface area contributed by atoms with Crippen LogP contribution in [0.1, 0.15) is 22.1 Å². The molecule has 0 aliphatic heterocycles. The smallest absolute Gasteiger partial charge is 0.387 e. The first-order valence-electron chi connectivity index (χ1n) is 6.16. The summed E-state index contributed by atoms with van der Waals surface area (Å²) in [6.07, 6.45) is -5.22. The number of halogens is 4. The SMILES string of the molecule is OC(CNCc1ccc(Cl)s1)c1ccc(C(F)(F)F)cc1. The first kappa shape index (κ1) is 16.3. The van der Waals surface area contributed by atoms with Crippen LogP contribution >= 0.6 is 22.9 Å². The van der Waals surface area contributed by atoms with Gasteiger partial charge in [-0.25, -0.2) is 0 Å². The van der Waals surface area contributed by atoms with E-state index in [1.54, 1.807) is 6.07 Å². The van der Waals surface area contributed by atoms with E-state index in [1.807, 2.05) is 6.07 Å². The number of alkyl halides is 3. The van der Waals surface area contributed by atoms with E-state index in [0.29, 0.717) is 16.4 Å². The molecule has 0 fully saturated rings. The van der Waals surface area contributed by atoms with Gasteiger partial charge >= 0.3 is 6.18 Å². The van der Waals surface area contributed by atoms with E-state index in [9.17, 15) is 18.3 Å². The Morgan fingerprint density at radius 1 is 1.14 bits per heavy atom. The number of hydrogen-bond acceptors (Lipinski definition) is 3. The third-order valence-corrected chi connectivity index (χ3v) is 4.12. The van der Waals surface area contributed by atoms with Crippen molar-refractivity contribution in [3.63, 3.8) is 0 Å². The number of nitrogens with one attached hydrogen (secondary N) is 1. The summed E-state index contributed by atoms with van der Waals surface area (Å²) in [7, 11) is 0. The molecule has 0 aliphatic carbocycles. The molecule has 21 heavy (non-hydrogen) atoms. The lowest BCUT2D eigenvalue weighted by atomic mass is 10.1.